The molecule has 0 aromatic rings. The van der Waals surface area contributed by atoms with Gasteiger partial charge in [-0.3, -0.25) is 4.79 Å². The summed E-state index contributed by atoms with van der Waals surface area (Å²) in [5.74, 6) is -0.752. The second kappa shape index (κ2) is 15.3. The molecule has 0 aliphatic carbocycles. The van der Waals surface area contributed by atoms with Crippen LogP contribution in [0.5, 0.6) is 0 Å². The predicted octanol–water partition coefficient (Wildman–Crippen LogP) is 4.27. The minimum atomic E-state index is -0.752. The average molecular weight is 316 g/mol. The maximum absolute atomic E-state index is 10.4. The maximum atomic E-state index is 10.4. The molecule has 0 saturated carbocycles. The van der Waals surface area contributed by atoms with E-state index >= 15 is 0 Å². The molecule has 3 N–H and O–H groups in total. The highest BCUT2D eigenvalue weighted by molar-refractivity contribution is 5.66. The summed E-state index contributed by atoms with van der Waals surface area (Å²) in [6, 6.07) is 0. The molecular weight excluding hydrogens is 280 g/mol. The molecule has 0 spiro atoms. The van der Waals surface area contributed by atoms with Gasteiger partial charge in [0.05, 0.1) is 12.2 Å². The van der Waals surface area contributed by atoms with Gasteiger partial charge >= 0.3 is 5.97 Å². The predicted molar refractivity (Wildman–Crippen MR) is 90.0 cm³/mol. The molecule has 0 aliphatic heterocycles. The molecular formula is C18H36O4. The first-order valence-electron chi connectivity index (χ1n) is 9.14. The summed E-state index contributed by atoms with van der Waals surface area (Å²) < 4.78 is 0. The van der Waals surface area contributed by atoms with Gasteiger partial charge < -0.3 is 15.3 Å². The van der Waals surface area contributed by atoms with Crippen molar-refractivity contribution in [1.82, 2.24) is 0 Å². The minimum Gasteiger partial charge on any atom is -0.481 e. The fourth-order valence-corrected chi connectivity index (χ4v) is 2.67. The van der Waals surface area contributed by atoms with Crippen LogP contribution in [-0.4, -0.2) is 33.5 Å². The van der Waals surface area contributed by atoms with Crippen molar-refractivity contribution in [1.29, 1.82) is 0 Å². The Labute approximate surface area is 135 Å². The maximum Gasteiger partial charge on any atom is 0.303 e. The highest BCUT2D eigenvalue weighted by atomic mass is 16.4. The van der Waals surface area contributed by atoms with E-state index in [-0.39, 0.29) is 18.6 Å². The van der Waals surface area contributed by atoms with Gasteiger partial charge in [-0.2, -0.15) is 0 Å². The van der Waals surface area contributed by atoms with Crippen LogP contribution in [0.15, 0.2) is 0 Å². The van der Waals surface area contributed by atoms with Crippen molar-refractivity contribution in [3.8, 4) is 0 Å². The molecule has 0 radical (unpaired) electrons. The van der Waals surface area contributed by atoms with Crippen LogP contribution in [0.1, 0.15) is 96.8 Å². The van der Waals surface area contributed by atoms with Gasteiger partial charge in [0.1, 0.15) is 0 Å². The van der Waals surface area contributed by atoms with Crippen LogP contribution < -0.4 is 0 Å². The van der Waals surface area contributed by atoms with Crippen molar-refractivity contribution in [2.24, 2.45) is 0 Å². The lowest BCUT2D eigenvalue weighted by atomic mass is 10.0. The average Bonchev–Trinajstić information content (AvgIpc) is 2.48. The number of unbranched alkanes of at least 4 members (excludes halogenated alkanes) is 7. The molecule has 22 heavy (non-hydrogen) atoms. The number of aliphatic hydroxyl groups excluding tert-OH is 2. The van der Waals surface area contributed by atoms with Crippen molar-refractivity contribution in [2.45, 2.75) is 109 Å². The number of rotatable bonds is 16. The molecule has 0 aliphatic rings. The van der Waals surface area contributed by atoms with E-state index in [1.165, 1.54) is 32.1 Å². The second-order valence-electron chi connectivity index (χ2n) is 6.43. The molecule has 0 saturated heterocycles. The molecule has 0 fully saturated rings. The Bertz CT molecular complexity index is 255. The lowest BCUT2D eigenvalue weighted by Crippen LogP contribution is -2.13. The van der Waals surface area contributed by atoms with Crippen LogP contribution in [0.25, 0.3) is 0 Å². The van der Waals surface area contributed by atoms with Crippen LogP contribution in [-0.2, 0) is 4.79 Å². The minimum absolute atomic E-state index is 0.215. The van der Waals surface area contributed by atoms with Gasteiger partial charge in [-0.15, -0.1) is 0 Å². The molecule has 4 heteroatoms. The van der Waals surface area contributed by atoms with E-state index in [0.29, 0.717) is 25.7 Å². The Balaban J connectivity index is 3.37. The largest absolute Gasteiger partial charge is 0.481 e. The lowest BCUT2D eigenvalue weighted by molar-refractivity contribution is -0.137. The normalized spacial score (nSPS) is 14.0. The van der Waals surface area contributed by atoms with Crippen molar-refractivity contribution in [3.63, 3.8) is 0 Å². The smallest absolute Gasteiger partial charge is 0.303 e. The summed E-state index contributed by atoms with van der Waals surface area (Å²) in [4.78, 5) is 10.4. The van der Waals surface area contributed by atoms with Crippen LogP contribution in [0.2, 0.25) is 0 Å². The van der Waals surface area contributed by atoms with Crippen LogP contribution >= 0.6 is 0 Å². The van der Waals surface area contributed by atoms with Crippen LogP contribution in [0.4, 0.5) is 0 Å². The fraction of sp³-hybridized carbons (Fsp3) is 0.944. The first-order chi connectivity index (χ1) is 10.6. The van der Waals surface area contributed by atoms with Crippen molar-refractivity contribution in [3.05, 3.63) is 0 Å². The number of aliphatic carboxylic acids is 1. The van der Waals surface area contributed by atoms with Gasteiger partial charge in [0.15, 0.2) is 0 Å². The molecule has 0 aromatic carbocycles. The monoisotopic (exact) mass is 316 g/mol. The van der Waals surface area contributed by atoms with E-state index in [0.717, 1.165) is 25.7 Å². The van der Waals surface area contributed by atoms with E-state index in [1.807, 2.05) is 0 Å². The summed E-state index contributed by atoms with van der Waals surface area (Å²) in [7, 11) is 0. The van der Waals surface area contributed by atoms with Crippen LogP contribution in [0.3, 0.4) is 0 Å². The highest BCUT2D eigenvalue weighted by Gasteiger charge is 2.09. The lowest BCUT2D eigenvalue weighted by Gasteiger charge is -2.14. The quantitative estimate of drug-likeness (QED) is 0.371. The summed E-state index contributed by atoms with van der Waals surface area (Å²) in [5.41, 5.74) is 0. The van der Waals surface area contributed by atoms with E-state index < -0.39 is 5.97 Å². The van der Waals surface area contributed by atoms with Gasteiger partial charge in [-0.1, -0.05) is 58.3 Å². The molecule has 2 unspecified atom stereocenters. The van der Waals surface area contributed by atoms with Crippen molar-refractivity contribution < 1.29 is 20.1 Å². The Morgan fingerprint density at radius 2 is 1.18 bits per heavy atom. The Kier molecular flexibility index (Phi) is 14.9. The SMILES string of the molecule is CCCCCCCCC(O)CCC(O)CCCCCC(=O)O. The standard InChI is InChI=1S/C18H36O4/c1-2-3-4-5-6-8-11-16(19)14-15-17(20)12-9-7-10-13-18(21)22/h16-17,19-20H,2-15H2,1H3,(H,21,22). The van der Waals surface area contributed by atoms with Gasteiger partial charge in [0.25, 0.3) is 0 Å². The second-order valence-corrected chi connectivity index (χ2v) is 6.43. The first kappa shape index (κ1) is 21.4. The summed E-state index contributed by atoms with van der Waals surface area (Å²) >= 11 is 0. The third-order valence-electron chi connectivity index (χ3n) is 4.15. The molecule has 132 valence electrons. The molecule has 4 nitrogen and oxygen atoms in total. The number of carboxylic acid groups (broad SMARTS) is 1. The molecule has 0 heterocycles. The van der Waals surface area contributed by atoms with E-state index in [1.54, 1.807) is 0 Å². The first-order valence-corrected chi connectivity index (χ1v) is 9.14. The van der Waals surface area contributed by atoms with E-state index in [4.69, 9.17) is 5.11 Å². The van der Waals surface area contributed by atoms with Gasteiger partial charge in [-0.05, 0) is 32.1 Å². The molecule has 0 bridgehead atoms. The number of carbonyl (C=O) groups is 1. The fourth-order valence-electron chi connectivity index (χ4n) is 2.67. The number of hydrogen-bond donors (Lipinski definition) is 3. The van der Waals surface area contributed by atoms with Crippen molar-refractivity contribution in [2.75, 3.05) is 0 Å². The Hall–Kier alpha value is -0.610. The van der Waals surface area contributed by atoms with Gasteiger partial charge in [-0.25, -0.2) is 0 Å². The third kappa shape index (κ3) is 15.8. The number of carboxylic acids is 1. The molecule has 0 amide bonds. The number of aliphatic hydroxyl groups is 2. The molecule has 2 atom stereocenters. The summed E-state index contributed by atoms with van der Waals surface area (Å²) in [6.45, 7) is 2.21. The zero-order valence-corrected chi connectivity index (χ0v) is 14.3. The summed E-state index contributed by atoms with van der Waals surface area (Å²) in [6.07, 6.45) is 12.3. The summed E-state index contributed by atoms with van der Waals surface area (Å²) in [5, 5.41) is 28.3. The molecule has 0 aromatic heterocycles. The highest BCUT2D eigenvalue weighted by Crippen LogP contribution is 2.14. The molecule has 0 rings (SSSR count). The van der Waals surface area contributed by atoms with E-state index in [2.05, 4.69) is 6.92 Å². The van der Waals surface area contributed by atoms with Gasteiger partial charge in [0, 0.05) is 6.42 Å². The zero-order valence-electron chi connectivity index (χ0n) is 14.3. The van der Waals surface area contributed by atoms with Crippen LogP contribution in [0, 0.1) is 0 Å². The zero-order chi connectivity index (χ0) is 16.6. The Morgan fingerprint density at radius 3 is 1.68 bits per heavy atom. The van der Waals surface area contributed by atoms with Gasteiger partial charge in [0.2, 0.25) is 0 Å². The Morgan fingerprint density at radius 1 is 0.727 bits per heavy atom. The van der Waals surface area contributed by atoms with E-state index in [9.17, 15) is 15.0 Å². The topological polar surface area (TPSA) is 77.8 Å². The third-order valence-corrected chi connectivity index (χ3v) is 4.15. The van der Waals surface area contributed by atoms with Crippen molar-refractivity contribution >= 4 is 5.97 Å². The number of hydrogen-bond acceptors (Lipinski definition) is 3.